The first kappa shape index (κ1) is 11.8. The SMILES string of the molecule is COCC(O)(COC)C(C)CN. The molecule has 0 aromatic heterocycles. The lowest BCUT2D eigenvalue weighted by Gasteiger charge is -2.31. The van der Waals surface area contributed by atoms with E-state index in [1.54, 1.807) is 14.2 Å². The van der Waals surface area contributed by atoms with Crippen LogP contribution in [0.4, 0.5) is 0 Å². The van der Waals surface area contributed by atoms with E-state index in [1.807, 2.05) is 6.92 Å². The molecule has 0 saturated carbocycles. The molecule has 3 N–H and O–H groups in total. The molecule has 0 fully saturated rings. The van der Waals surface area contributed by atoms with Crippen LogP contribution in [0.15, 0.2) is 0 Å². The van der Waals surface area contributed by atoms with E-state index in [-0.39, 0.29) is 19.1 Å². The molecule has 1 atom stereocenters. The van der Waals surface area contributed by atoms with Crippen LogP contribution < -0.4 is 5.73 Å². The van der Waals surface area contributed by atoms with Gasteiger partial charge in [-0.25, -0.2) is 0 Å². The van der Waals surface area contributed by atoms with Crippen LogP contribution >= 0.6 is 0 Å². The largest absolute Gasteiger partial charge is 0.385 e. The summed E-state index contributed by atoms with van der Waals surface area (Å²) < 4.78 is 9.79. The summed E-state index contributed by atoms with van der Waals surface area (Å²) in [5, 5.41) is 9.95. The summed E-state index contributed by atoms with van der Waals surface area (Å²) >= 11 is 0. The van der Waals surface area contributed by atoms with Crippen LogP contribution in [-0.2, 0) is 9.47 Å². The Bertz CT molecular complexity index is 113. The Kier molecular flexibility index (Phi) is 5.41. The molecule has 0 heterocycles. The predicted molar refractivity (Wildman–Crippen MR) is 46.9 cm³/mol. The molecule has 0 radical (unpaired) electrons. The van der Waals surface area contributed by atoms with Gasteiger partial charge in [0.25, 0.3) is 0 Å². The highest BCUT2D eigenvalue weighted by molar-refractivity contribution is 4.84. The average molecular weight is 177 g/mol. The van der Waals surface area contributed by atoms with E-state index in [4.69, 9.17) is 15.2 Å². The molecule has 0 bridgehead atoms. The van der Waals surface area contributed by atoms with Gasteiger partial charge in [0, 0.05) is 20.1 Å². The third-order valence-electron chi connectivity index (χ3n) is 2.06. The first-order chi connectivity index (χ1) is 5.60. The molecular weight excluding hydrogens is 158 g/mol. The molecule has 0 aliphatic carbocycles. The Labute approximate surface area is 73.7 Å². The van der Waals surface area contributed by atoms with Crippen molar-refractivity contribution in [2.45, 2.75) is 12.5 Å². The number of hydrogen-bond acceptors (Lipinski definition) is 4. The predicted octanol–water partition coefficient (Wildman–Crippen LogP) is -0.395. The van der Waals surface area contributed by atoms with Gasteiger partial charge >= 0.3 is 0 Å². The van der Waals surface area contributed by atoms with Crippen LogP contribution in [0.3, 0.4) is 0 Å². The number of aliphatic hydroxyl groups is 1. The van der Waals surface area contributed by atoms with Crippen molar-refractivity contribution in [3.05, 3.63) is 0 Å². The van der Waals surface area contributed by atoms with E-state index in [0.29, 0.717) is 6.54 Å². The fraction of sp³-hybridized carbons (Fsp3) is 1.00. The van der Waals surface area contributed by atoms with Crippen molar-refractivity contribution in [3.63, 3.8) is 0 Å². The van der Waals surface area contributed by atoms with Gasteiger partial charge < -0.3 is 20.3 Å². The van der Waals surface area contributed by atoms with Crippen molar-refractivity contribution in [1.82, 2.24) is 0 Å². The van der Waals surface area contributed by atoms with Crippen molar-refractivity contribution in [2.24, 2.45) is 11.7 Å². The normalized spacial score (nSPS) is 14.8. The maximum Gasteiger partial charge on any atom is 0.115 e. The molecule has 1 unspecified atom stereocenters. The minimum absolute atomic E-state index is 0.0302. The van der Waals surface area contributed by atoms with Gasteiger partial charge in [-0.3, -0.25) is 0 Å². The summed E-state index contributed by atoms with van der Waals surface area (Å²) in [5.41, 5.74) is 4.49. The zero-order valence-electron chi connectivity index (χ0n) is 8.04. The molecule has 0 aromatic rings. The molecular formula is C8H19NO3. The van der Waals surface area contributed by atoms with E-state index in [2.05, 4.69) is 0 Å². The van der Waals surface area contributed by atoms with Gasteiger partial charge in [-0.1, -0.05) is 6.92 Å². The molecule has 12 heavy (non-hydrogen) atoms. The highest BCUT2D eigenvalue weighted by Gasteiger charge is 2.32. The van der Waals surface area contributed by atoms with Crippen LogP contribution in [0, 0.1) is 5.92 Å². The van der Waals surface area contributed by atoms with Crippen LogP contribution in [0.2, 0.25) is 0 Å². The van der Waals surface area contributed by atoms with Crippen molar-refractivity contribution in [2.75, 3.05) is 34.0 Å². The summed E-state index contributed by atoms with van der Waals surface area (Å²) in [5.74, 6) is -0.0302. The summed E-state index contributed by atoms with van der Waals surface area (Å²) in [6, 6.07) is 0. The van der Waals surface area contributed by atoms with E-state index in [1.165, 1.54) is 0 Å². The van der Waals surface area contributed by atoms with Gasteiger partial charge in [0.15, 0.2) is 0 Å². The summed E-state index contributed by atoms with van der Waals surface area (Å²) in [4.78, 5) is 0. The second-order valence-corrected chi connectivity index (χ2v) is 3.11. The van der Waals surface area contributed by atoms with Crippen LogP contribution in [-0.4, -0.2) is 44.7 Å². The number of rotatable bonds is 6. The van der Waals surface area contributed by atoms with Gasteiger partial charge in [0.2, 0.25) is 0 Å². The molecule has 0 amide bonds. The molecule has 0 aromatic carbocycles. The minimum atomic E-state index is -0.960. The zero-order chi connectivity index (χ0) is 9.61. The fourth-order valence-corrected chi connectivity index (χ4v) is 1.05. The monoisotopic (exact) mass is 177 g/mol. The Morgan fingerprint density at radius 2 is 1.75 bits per heavy atom. The van der Waals surface area contributed by atoms with Crippen molar-refractivity contribution < 1.29 is 14.6 Å². The van der Waals surface area contributed by atoms with E-state index in [0.717, 1.165) is 0 Å². The fourth-order valence-electron chi connectivity index (χ4n) is 1.05. The third-order valence-corrected chi connectivity index (χ3v) is 2.06. The molecule has 4 nitrogen and oxygen atoms in total. The van der Waals surface area contributed by atoms with Crippen molar-refractivity contribution in [1.29, 1.82) is 0 Å². The summed E-state index contributed by atoms with van der Waals surface area (Å²) in [6.07, 6.45) is 0. The molecule has 4 heteroatoms. The van der Waals surface area contributed by atoms with E-state index >= 15 is 0 Å². The van der Waals surface area contributed by atoms with Gasteiger partial charge in [0.05, 0.1) is 13.2 Å². The van der Waals surface area contributed by atoms with Gasteiger partial charge in [-0.2, -0.15) is 0 Å². The maximum absolute atomic E-state index is 9.95. The number of hydrogen-bond donors (Lipinski definition) is 2. The van der Waals surface area contributed by atoms with Gasteiger partial charge in [-0.05, 0) is 6.54 Å². The van der Waals surface area contributed by atoms with Crippen molar-refractivity contribution in [3.8, 4) is 0 Å². The lowest BCUT2D eigenvalue weighted by molar-refractivity contribution is -0.107. The molecule has 0 aliphatic rings. The molecule has 0 rings (SSSR count). The number of methoxy groups -OCH3 is 2. The first-order valence-corrected chi connectivity index (χ1v) is 4.01. The molecule has 74 valence electrons. The van der Waals surface area contributed by atoms with Gasteiger partial charge in [-0.15, -0.1) is 0 Å². The van der Waals surface area contributed by atoms with Crippen LogP contribution in [0.5, 0.6) is 0 Å². The Balaban J connectivity index is 4.15. The standard InChI is InChI=1S/C8H19NO3/c1-7(4-9)8(10,5-11-2)6-12-3/h7,10H,4-6,9H2,1-3H3. The lowest BCUT2D eigenvalue weighted by Crippen LogP contribution is -2.48. The van der Waals surface area contributed by atoms with E-state index in [9.17, 15) is 5.11 Å². The maximum atomic E-state index is 9.95. The van der Waals surface area contributed by atoms with E-state index < -0.39 is 5.60 Å². The topological polar surface area (TPSA) is 64.7 Å². The van der Waals surface area contributed by atoms with Crippen LogP contribution in [0.1, 0.15) is 6.92 Å². The smallest absolute Gasteiger partial charge is 0.115 e. The highest BCUT2D eigenvalue weighted by atomic mass is 16.5. The zero-order valence-corrected chi connectivity index (χ0v) is 8.04. The first-order valence-electron chi connectivity index (χ1n) is 4.01. The number of ether oxygens (including phenoxy) is 2. The van der Waals surface area contributed by atoms with Crippen LogP contribution in [0.25, 0.3) is 0 Å². The summed E-state index contributed by atoms with van der Waals surface area (Å²) in [6.45, 7) is 2.79. The summed E-state index contributed by atoms with van der Waals surface area (Å²) in [7, 11) is 3.09. The Morgan fingerprint density at radius 1 is 1.33 bits per heavy atom. The molecule has 0 spiro atoms. The minimum Gasteiger partial charge on any atom is -0.385 e. The second kappa shape index (κ2) is 5.48. The quantitative estimate of drug-likeness (QED) is 0.579. The molecule has 0 saturated heterocycles. The average Bonchev–Trinajstić information content (AvgIpc) is 2.04. The second-order valence-electron chi connectivity index (χ2n) is 3.11. The Hall–Kier alpha value is -0.160. The number of nitrogens with two attached hydrogens (primary N) is 1. The van der Waals surface area contributed by atoms with Crippen molar-refractivity contribution >= 4 is 0 Å². The lowest BCUT2D eigenvalue weighted by atomic mass is 9.90. The third kappa shape index (κ3) is 3.06. The van der Waals surface area contributed by atoms with Gasteiger partial charge in [0.1, 0.15) is 5.60 Å². The highest BCUT2D eigenvalue weighted by Crippen LogP contribution is 2.17. The molecule has 0 aliphatic heterocycles. The Morgan fingerprint density at radius 3 is 2.00 bits per heavy atom.